The number of nitrogens with zero attached hydrogens (tertiary/aromatic N) is 1. The highest BCUT2D eigenvalue weighted by Crippen LogP contribution is 2.42. The Bertz CT molecular complexity index is 232. The van der Waals surface area contributed by atoms with E-state index in [4.69, 9.17) is 9.84 Å². The van der Waals surface area contributed by atoms with E-state index < -0.39 is 5.97 Å². The molecule has 1 N–H and O–H groups in total. The van der Waals surface area contributed by atoms with Crippen LogP contribution >= 0.6 is 0 Å². The smallest absolute Gasteiger partial charge is 0.320 e. The lowest BCUT2D eigenvalue weighted by atomic mass is 9.67. The molecule has 3 fully saturated rings. The minimum Gasteiger partial charge on any atom is -0.480 e. The zero-order valence-corrected chi connectivity index (χ0v) is 8.64. The van der Waals surface area contributed by atoms with Gasteiger partial charge in [0.05, 0.1) is 6.10 Å². The molecule has 0 spiro atoms. The minimum absolute atomic E-state index is 0.349. The highest BCUT2D eigenvalue weighted by atomic mass is 16.5. The summed E-state index contributed by atoms with van der Waals surface area (Å²) in [4.78, 5) is 12.9. The summed E-state index contributed by atoms with van der Waals surface area (Å²) < 4.78 is 5.37. The Hall–Kier alpha value is -0.610. The number of aliphatic carboxylic acids is 1. The molecule has 1 saturated carbocycles. The third-order valence-electron chi connectivity index (χ3n) is 3.65. The maximum atomic E-state index is 10.8. The standard InChI is InChI=1S/C10H17NO3/c1-6(10(12)13)11-4-7-3-8(5-11)9(7)14-2/h6-9H,3-5H2,1-2H3,(H,12,13)/t6-,7+,8+/m1/s1. The summed E-state index contributed by atoms with van der Waals surface area (Å²) in [6.45, 7) is 3.51. The van der Waals surface area contributed by atoms with Gasteiger partial charge < -0.3 is 9.84 Å². The molecule has 0 unspecified atom stereocenters. The number of methoxy groups -OCH3 is 1. The van der Waals surface area contributed by atoms with E-state index in [1.165, 1.54) is 6.42 Å². The van der Waals surface area contributed by atoms with Crippen LogP contribution in [0.5, 0.6) is 0 Å². The Morgan fingerprint density at radius 2 is 2.07 bits per heavy atom. The first-order valence-corrected chi connectivity index (χ1v) is 5.13. The van der Waals surface area contributed by atoms with Crippen molar-refractivity contribution < 1.29 is 14.6 Å². The van der Waals surface area contributed by atoms with E-state index in [1.807, 2.05) is 0 Å². The minimum atomic E-state index is -0.722. The number of piperidine rings is 2. The van der Waals surface area contributed by atoms with Gasteiger partial charge in [0.25, 0.3) is 0 Å². The lowest BCUT2D eigenvalue weighted by molar-refractivity contribution is -0.157. The molecule has 2 aliphatic heterocycles. The van der Waals surface area contributed by atoms with E-state index in [0.717, 1.165) is 13.1 Å². The fourth-order valence-electron chi connectivity index (χ4n) is 2.74. The Morgan fingerprint density at radius 3 is 2.50 bits per heavy atom. The number of rotatable bonds is 3. The van der Waals surface area contributed by atoms with Gasteiger partial charge in [-0.25, -0.2) is 0 Å². The van der Waals surface area contributed by atoms with Gasteiger partial charge in [0.2, 0.25) is 0 Å². The third-order valence-corrected chi connectivity index (χ3v) is 3.65. The second kappa shape index (κ2) is 3.51. The molecule has 3 aliphatic rings. The zero-order valence-electron chi connectivity index (χ0n) is 8.64. The van der Waals surface area contributed by atoms with Gasteiger partial charge in [0, 0.05) is 20.2 Å². The zero-order chi connectivity index (χ0) is 10.3. The van der Waals surface area contributed by atoms with Gasteiger partial charge in [0.1, 0.15) is 6.04 Å². The Balaban J connectivity index is 1.93. The van der Waals surface area contributed by atoms with Crippen LogP contribution in [0.1, 0.15) is 13.3 Å². The fraction of sp³-hybridized carbons (Fsp3) is 0.900. The first-order chi connectivity index (χ1) is 6.63. The SMILES string of the molecule is COC1[C@H]2C[C@H]1CN([C@H](C)C(=O)O)C2. The van der Waals surface area contributed by atoms with E-state index in [1.54, 1.807) is 14.0 Å². The van der Waals surface area contributed by atoms with E-state index >= 15 is 0 Å². The molecule has 2 bridgehead atoms. The van der Waals surface area contributed by atoms with Crippen LogP contribution in [0.2, 0.25) is 0 Å². The summed E-state index contributed by atoms with van der Waals surface area (Å²) in [6, 6.07) is -0.349. The topological polar surface area (TPSA) is 49.8 Å². The van der Waals surface area contributed by atoms with Gasteiger partial charge in [0.15, 0.2) is 0 Å². The Morgan fingerprint density at radius 1 is 1.50 bits per heavy atom. The maximum absolute atomic E-state index is 10.8. The van der Waals surface area contributed by atoms with Crippen molar-refractivity contribution in [3.8, 4) is 0 Å². The molecular formula is C10H17NO3. The second-order valence-corrected chi connectivity index (χ2v) is 4.42. The second-order valence-electron chi connectivity index (χ2n) is 4.42. The number of ether oxygens (including phenoxy) is 1. The molecule has 2 saturated heterocycles. The van der Waals surface area contributed by atoms with E-state index in [2.05, 4.69) is 4.90 Å². The van der Waals surface area contributed by atoms with Crippen LogP contribution in [-0.2, 0) is 9.53 Å². The number of carboxylic acid groups (broad SMARTS) is 1. The molecule has 0 aromatic carbocycles. The van der Waals surface area contributed by atoms with Crippen LogP contribution in [-0.4, -0.2) is 48.3 Å². The van der Waals surface area contributed by atoms with Crippen LogP contribution < -0.4 is 0 Å². The predicted octanol–water partition coefficient (Wildman–Crippen LogP) is 0.426. The summed E-state index contributed by atoms with van der Waals surface area (Å²) in [5, 5.41) is 8.89. The average molecular weight is 199 g/mol. The van der Waals surface area contributed by atoms with Crippen molar-refractivity contribution in [2.45, 2.75) is 25.5 Å². The lowest BCUT2D eigenvalue weighted by Crippen LogP contribution is -2.61. The fourth-order valence-corrected chi connectivity index (χ4v) is 2.74. The maximum Gasteiger partial charge on any atom is 0.320 e. The van der Waals surface area contributed by atoms with Gasteiger partial charge in [-0.05, 0) is 25.2 Å². The van der Waals surface area contributed by atoms with Crippen molar-refractivity contribution in [1.29, 1.82) is 0 Å². The molecule has 4 heteroatoms. The summed E-state index contributed by atoms with van der Waals surface area (Å²) >= 11 is 0. The monoisotopic (exact) mass is 199 g/mol. The number of fused-ring (bicyclic) bond motifs is 2. The average Bonchev–Trinajstić information content (AvgIpc) is 2.17. The number of hydrogen-bond donors (Lipinski definition) is 1. The van der Waals surface area contributed by atoms with E-state index in [0.29, 0.717) is 17.9 Å². The van der Waals surface area contributed by atoms with Crippen molar-refractivity contribution in [2.24, 2.45) is 11.8 Å². The molecule has 4 nitrogen and oxygen atoms in total. The summed E-state index contributed by atoms with van der Waals surface area (Å²) in [5.41, 5.74) is 0. The molecule has 0 aromatic rings. The summed E-state index contributed by atoms with van der Waals surface area (Å²) in [5.74, 6) is 0.390. The number of carboxylic acids is 1. The van der Waals surface area contributed by atoms with Gasteiger partial charge in [-0.15, -0.1) is 0 Å². The lowest BCUT2D eigenvalue weighted by Gasteiger charge is -2.53. The molecule has 1 aliphatic carbocycles. The number of hydrogen-bond acceptors (Lipinski definition) is 3. The predicted molar refractivity (Wildman–Crippen MR) is 51.1 cm³/mol. The van der Waals surface area contributed by atoms with Gasteiger partial charge in [-0.2, -0.15) is 0 Å². The molecule has 3 atom stereocenters. The van der Waals surface area contributed by atoms with E-state index in [-0.39, 0.29) is 6.04 Å². The largest absolute Gasteiger partial charge is 0.480 e. The van der Waals surface area contributed by atoms with Crippen LogP contribution in [0.3, 0.4) is 0 Å². The third kappa shape index (κ3) is 1.42. The quantitative estimate of drug-likeness (QED) is 0.716. The summed E-state index contributed by atoms with van der Waals surface area (Å²) in [6.07, 6.45) is 1.59. The van der Waals surface area contributed by atoms with Crippen molar-refractivity contribution in [1.82, 2.24) is 4.90 Å². The first-order valence-electron chi connectivity index (χ1n) is 5.13. The first kappa shape index (κ1) is 9.93. The molecule has 0 radical (unpaired) electrons. The molecular weight excluding hydrogens is 182 g/mol. The highest BCUT2D eigenvalue weighted by Gasteiger charge is 2.48. The number of carbonyl (C=O) groups is 1. The Labute approximate surface area is 83.8 Å². The van der Waals surface area contributed by atoms with Gasteiger partial charge in [-0.3, -0.25) is 9.69 Å². The van der Waals surface area contributed by atoms with Crippen molar-refractivity contribution >= 4 is 5.97 Å². The van der Waals surface area contributed by atoms with Crippen LogP contribution in [0.15, 0.2) is 0 Å². The molecule has 3 rings (SSSR count). The molecule has 14 heavy (non-hydrogen) atoms. The van der Waals surface area contributed by atoms with Crippen molar-refractivity contribution in [2.75, 3.05) is 20.2 Å². The normalized spacial score (nSPS) is 38.9. The highest BCUT2D eigenvalue weighted by molar-refractivity contribution is 5.72. The molecule has 0 amide bonds. The van der Waals surface area contributed by atoms with E-state index in [9.17, 15) is 4.79 Å². The Kier molecular flexibility index (Phi) is 2.49. The van der Waals surface area contributed by atoms with Crippen LogP contribution in [0, 0.1) is 11.8 Å². The van der Waals surface area contributed by atoms with Gasteiger partial charge in [-0.1, -0.05) is 0 Å². The molecule has 80 valence electrons. The van der Waals surface area contributed by atoms with Crippen LogP contribution in [0.4, 0.5) is 0 Å². The van der Waals surface area contributed by atoms with Crippen molar-refractivity contribution in [3.05, 3.63) is 0 Å². The van der Waals surface area contributed by atoms with Gasteiger partial charge >= 0.3 is 5.97 Å². The molecule has 2 heterocycles. The molecule has 0 aromatic heterocycles. The summed E-state index contributed by atoms with van der Waals surface area (Å²) in [7, 11) is 1.75. The van der Waals surface area contributed by atoms with Crippen molar-refractivity contribution in [3.63, 3.8) is 0 Å². The van der Waals surface area contributed by atoms with Crippen LogP contribution in [0.25, 0.3) is 0 Å².